The summed E-state index contributed by atoms with van der Waals surface area (Å²) in [6.45, 7) is 6.85. The number of unbranched alkanes of at least 4 members (excludes halogenated alkanes) is 1. The van der Waals surface area contributed by atoms with Crippen molar-refractivity contribution in [2.45, 2.75) is 33.6 Å². The molecule has 0 radical (unpaired) electrons. The van der Waals surface area contributed by atoms with E-state index in [9.17, 15) is 4.79 Å². The minimum Gasteiger partial charge on any atom is -0.492 e. The molecule has 3 nitrogen and oxygen atoms in total. The number of hydrogen-bond donors (Lipinski definition) is 1. The van der Waals surface area contributed by atoms with E-state index in [0.717, 1.165) is 39.9 Å². The fraction of sp³-hybridized carbons (Fsp3) is 0.316. The minimum absolute atomic E-state index is 0.125. The van der Waals surface area contributed by atoms with Gasteiger partial charge < -0.3 is 10.1 Å². The van der Waals surface area contributed by atoms with Gasteiger partial charge in [-0.1, -0.05) is 25.5 Å². The second kappa shape index (κ2) is 8.16. The average molecular weight is 376 g/mol. The van der Waals surface area contributed by atoms with Crippen molar-refractivity contribution in [3.05, 3.63) is 57.6 Å². The van der Waals surface area contributed by atoms with Crippen LogP contribution in [0.3, 0.4) is 0 Å². The molecule has 0 aliphatic rings. The molecule has 2 aromatic carbocycles. The standard InChI is InChI=1S/C19H22BrNO2/c1-4-5-11-23-18-10-9-15(12-16(18)20)19(22)21-17-8-6-7-13(2)14(17)3/h6-10,12H,4-5,11H2,1-3H3,(H,21,22). The van der Waals surface area contributed by atoms with E-state index in [4.69, 9.17) is 4.74 Å². The van der Waals surface area contributed by atoms with Crippen LogP contribution >= 0.6 is 15.9 Å². The zero-order valence-corrected chi connectivity index (χ0v) is 15.4. The van der Waals surface area contributed by atoms with Gasteiger partial charge in [0.25, 0.3) is 5.91 Å². The van der Waals surface area contributed by atoms with Crippen LogP contribution in [0.15, 0.2) is 40.9 Å². The van der Waals surface area contributed by atoms with Gasteiger partial charge in [-0.25, -0.2) is 0 Å². The Morgan fingerprint density at radius 3 is 2.70 bits per heavy atom. The maximum Gasteiger partial charge on any atom is 0.255 e. The SMILES string of the molecule is CCCCOc1ccc(C(=O)Nc2cccc(C)c2C)cc1Br. The van der Waals surface area contributed by atoms with Crippen LogP contribution in [0, 0.1) is 13.8 Å². The Morgan fingerprint density at radius 2 is 2.00 bits per heavy atom. The van der Waals surface area contributed by atoms with Crippen LogP contribution in [0.4, 0.5) is 5.69 Å². The molecule has 0 aromatic heterocycles. The molecule has 0 unspecified atom stereocenters. The molecule has 0 saturated carbocycles. The Hall–Kier alpha value is -1.81. The summed E-state index contributed by atoms with van der Waals surface area (Å²) in [4.78, 5) is 12.4. The van der Waals surface area contributed by atoms with Gasteiger partial charge in [-0.15, -0.1) is 0 Å². The molecule has 0 heterocycles. The maximum atomic E-state index is 12.4. The van der Waals surface area contributed by atoms with Crippen molar-refractivity contribution in [1.82, 2.24) is 0 Å². The highest BCUT2D eigenvalue weighted by atomic mass is 79.9. The van der Waals surface area contributed by atoms with E-state index in [1.165, 1.54) is 0 Å². The molecule has 2 rings (SSSR count). The van der Waals surface area contributed by atoms with Gasteiger partial charge in [-0.05, 0) is 71.6 Å². The van der Waals surface area contributed by atoms with Crippen molar-refractivity contribution < 1.29 is 9.53 Å². The summed E-state index contributed by atoms with van der Waals surface area (Å²) in [5, 5.41) is 2.97. The van der Waals surface area contributed by atoms with Crippen LogP contribution in [0.5, 0.6) is 5.75 Å². The number of ether oxygens (including phenoxy) is 1. The van der Waals surface area contributed by atoms with Gasteiger partial charge in [-0.2, -0.15) is 0 Å². The lowest BCUT2D eigenvalue weighted by atomic mass is 10.1. The van der Waals surface area contributed by atoms with Crippen LogP contribution in [-0.2, 0) is 0 Å². The van der Waals surface area contributed by atoms with E-state index in [-0.39, 0.29) is 5.91 Å². The van der Waals surface area contributed by atoms with E-state index in [1.807, 2.05) is 38.1 Å². The number of nitrogens with one attached hydrogen (secondary N) is 1. The van der Waals surface area contributed by atoms with Gasteiger partial charge in [0.2, 0.25) is 0 Å². The first-order valence-corrected chi connectivity index (χ1v) is 8.62. The zero-order chi connectivity index (χ0) is 16.8. The summed E-state index contributed by atoms with van der Waals surface area (Å²) in [5.41, 5.74) is 3.68. The zero-order valence-electron chi connectivity index (χ0n) is 13.8. The van der Waals surface area contributed by atoms with Gasteiger partial charge in [0.15, 0.2) is 0 Å². The van der Waals surface area contributed by atoms with Crippen LogP contribution < -0.4 is 10.1 Å². The van der Waals surface area contributed by atoms with Crippen molar-refractivity contribution in [3.8, 4) is 5.75 Å². The van der Waals surface area contributed by atoms with Gasteiger partial charge in [0.05, 0.1) is 11.1 Å². The first-order valence-electron chi connectivity index (χ1n) is 7.83. The van der Waals surface area contributed by atoms with E-state index in [1.54, 1.807) is 12.1 Å². The molecule has 0 spiro atoms. The molecule has 1 N–H and O–H groups in total. The fourth-order valence-electron chi connectivity index (χ4n) is 2.17. The highest BCUT2D eigenvalue weighted by molar-refractivity contribution is 9.10. The highest BCUT2D eigenvalue weighted by Crippen LogP contribution is 2.27. The van der Waals surface area contributed by atoms with Crippen molar-refractivity contribution in [2.75, 3.05) is 11.9 Å². The predicted molar refractivity (Wildman–Crippen MR) is 98.4 cm³/mol. The summed E-state index contributed by atoms with van der Waals surface area (Å²) in [5.74, 6) is 0.640. The number of carbonyl (C=O) groups excluding carboxylic acids is 1. The molecule has 0 aliphatic carbocycles. The molecule has 4 heteroatoms. The number of amides is 1. The van der Waals surface area contributed by atoms with Gasteiger partial charge in [-0.3, -0.25) is 4.79 Å². The Bertz CT molecular complexity index is 698. The molecular formula is C19H22BrNO2. The second-order valence-electron chi connectivity index (χ2n) is 5.55. The number of halogens is 1. The molecule has 0 bridgehead atoms. The number of benzene rings is 2. The van der Waals surface area contributed by atoms with Gasteiger partial charge in [0.1, 0.15) is 5.75 Å². The summed E-state index contributed by atoms with van der Waals surface area (Å²) < 4.78 is 6.48. The molecular weight excluding hydrogens is 354 g/mol. The lowest BCUT2D eigenvalue weighted by Crippen LogP contribution is -2.13. The van der Waals surface area contributed by atoms with Gasteiger partial charge in [0, 0.05) is 11.3 Å². The highest BCUT2D eigenvalue weighted by Gasteiger charge is 2.11. The topological polar surface area (TPSA) is 38.3 Å². The first kappa shape index (κ1) is 17.5. The van der Waals surface area contributed by atoms with Crippen molar-refractivity contribution >= 4 is 27.5 Å². The fourth-order valence-corrected chi connectivity index (χ4v) is 2.66. The number of hydrogen-bond acceptors (Lipinski definition) is 2. The second-order valence-corrected chi connectivity index (χ2v) is 6.40. The van der Waals surface area contributed by atoms with Crippen molar-refractivity contribution in [1.29, 1.82) is 0 Å². The lowest BCUT2D eigenvalue weighted by Gasteiger charge is -2.12. The van der Waals surface area contributed by atoms with Crippen molar-refractivity contribution in [2.24, 2.45) is 0 Å². The van der Waals surface area contributed by atoms with E-state index >= 15 is 0 Å². The number of anilines is 1. The molecule has 0 atom stereocenters. The Kier molecular flexibility index (Phi) is 6.22. The van der Waals surface area contributed by atoms with Crippen LogP contribution in [0.2, 0.25) is 0 Å². The molecule has 1 amide bonds. The van der Waals surface area contributed by atoms with Crippen LogP contribution in [0.25, 0.3) is 0 Å². The molecule has 0 saturated heterocycles. The number of carbonyl (C=O) groups is 1. The van der Waals surface area contributed by atoms with Crippen LogP contribution in [-0.4, -0.2) is 12.5 Å². The maximum absolute atomic E-state index is 12.4. The largest absolute Gasteiger partial charge is 0.492 e. The quantitative estimate of drug-likeness (QED) is 0.677. The minimum atomic E-state index is -0.125. The number of rotatable bonds is 6. The Labute approximate surface area is 146 Å². The predicted octanol–water partition coefficient (Wildman–Crippen LogP) is 5.50. The summed E-state index contributed by atoms with van der Waals surface area (Å²) in [6, 6.07) is 11.3. The first-order chi connectivity index (χ1) is 11.0. The normalized spacial score (nSPS) is 10.4. The third-order valence-electron chi connectivity index (χ3n) is 3.80. The molecule has 23 heavy (non-hydrogen) atoms. The van der Waals surface area contributed by atoms with Crippen molar-refractivity contribution in [3.63, 3.8) is 0 Å². The Morgan fingerprint density at radius 1 is 1.22 bits per heavy atom. The Balaban J connectivity index is 2.10. The monoisotopic (exact) mass is 375 g/mol. The molecule has 2 aromatic rings. The van der Waals surface area contributed by atoms with Crippen LogP contribution in [0.1, 0.15) is 41.3 Å². The van der Waals surface area contributed by atoms with E-state index in [0.29, 0.717) is 12.2 Å². The van der Waals surface area contributed by atoms with Gasteiger partial charge >= 0.3 is 0 Å². The van der Waals surface area contributed by atoms with E-state index < -0.39 is 0 Å². The lowest BCUT2D eigenvalue weighted by molar-refractivity contribution is 0.102. The molecule has 0 fully saturated rings. The summed E-state index contributed by atoms with van der Waals surface area (Å²) in [6.07, 6.45) is 2.11. The molecule has 0 aliphatic heterocycles. The third-order valence-corrected chi connectivity index (χ3v) is 4.42. The summed E-state index contributed by atoms with van der Waals surface area (Å²) in [7, 11) is 0. The molecule has 122 valence electrons. The third kappa shape index (κ3) is 4.58. The average Bonchev–Trinajstić information content (AvgIpc) is 2.53. The smallest absolute Gasteiger partial charge is 0.255 e. The van der Waals surface area contributed by atoms with E-state index in [2.05, 4.69) is 28.2 Å². The number of aryl methyl sites for hydroxylation is 1. The summed E-state index contributed by atoms with van der Waals surface area (Å²) >= 11 is 3.47.